The van der Waals surface area contributed by atoms with Gasteiger partial charge in [-0.3, -0.25) is 9.48 Å². The van der Waals surface area contributed by atoms with E-state index in [-0.39, 0.29) is 6.61 Å². The van der Waals surface area contributed by atoms with Crippen molar-refractivity contribution in [2.45, 2.75) is 13.2 Å². The van der Waals surface area contributed by atoms with Crippen molar-refractivity contribution in [2.24, 2.45) is 0 Å². The van der Waals surface area contributed by atoms with Crippen LogP contribution in [0.2, 0.25) is 0 Å². The normalized spacial score (nSPS) is 10.3. The second kappa shape index (κ2) is 8.62. The van der Waals surface area contributed by atoms with Crippen LogP contribution < -0.4 is 5.32 Å². The molecular formula is C20H19N3O3. The monoisotopic (exact) mass is 349 g/mol. The first-order chi connectivity index (χ1) is 12.7. The number of hydrogen-bond acceptors (Lipinski definition) is 4. The summed E-state index contributed by atoms with van der Waals surface area (Å²) in [6, 6.07) is 16.8. The number of aldehydes is 1. The maximum Gasteiger partial charge on any atom is 0.407 e. The number of nitrogens with one attached hydrogen (secondary N) is 1. The summed E-state index contributed by atoms with van der Waals surface area (Å²) in [4.78, 5) is 22.6. The van der Waals surface area contributed by atoms with Gasteiger partial charge in [0.1, 0.15) is 12.9 Å². The van der Waals surface area contributed by atoms with E-state index >= 15 is 0 Å². The van der Waals surface area contributed by atoms with Crippen molar-refractivity contribution in [2.75, 3.05) is 6.54 Å². The summed E-state index contributed by atoms with van der Waals surface area (Å²) < 4.78 is 6.89. The van der Waals surface area contributed by atoms with E-state index in [2.05, 4.69) is 10.4 Å². The van der Waals surface area contributed by atoms with Crippen LogP contribution >= 0.6 is 0 Å². The molecule has 1 N–H and O–H groups in total. The number of rotatable bonds is 7. The van der Waals surface area contributed by atoms with Crippen LogP contribution in [0.3, 0.4) is 0 Å². The highest BCUT2D eigenvalue weighted by atomic mass is 16.5. The van der Waals surface area contributed by atoms with Crippen molar-refractivity contribution < 1.29 is 14.3 Å². The minimum atomic E-state index is -0.458. The van der Waals surface area contributed by atoms with Crippen LogP contribution in [-0.4, -0.2) is 28.7 Å². The molecule has 0 fully saturated rings. The molecule has 1 amide bonds. The molecule has 0 aliphatic heterocycles. The lowest BCUT2D eigenvalue weighted by Crippen LogP contribution is -2.27. The Labute approximate surface area is 151 Å². The number of aromatic nitrogens is 2. The lowest BCUT2D eigenvalue weighted by molar-refractivity contribution is 0.112. The number of ether oxygens (including phenoxy) is 1. The highest BCUT2D eigenvalue weighted by Crippen LogP contribution is 2.19. The Morgan fingerprint density at radius 1 is 1.12 bits per heavy atom. The Kier molecular flexibility index (Phi) is 5.77. The van der Waals surface area contributed by atoms with Gasteiger partial charge in [-0.25, -0.2) is 4.79 Å². The van der Waals surface area contributed by atoms with Gasteiger partial charge in [0.2, 0.25) is 0 Å². The van der Waals surface area contributed by atoms with Gasteiger partial charge in [-0.15, -0.1) is 0 Å². The van der Waals surface area contributed by atoms with E-state index < -0.39 is 6.09 Å². The summed E-state index contributed by atoms with van der Waals surface area (Å²) in [5.41, 5.74) is 3.41. The maximum atomic E-state index is 11.7. The third-order valence-electron chi connectivity index (χ3n) is 3.81. The molecule has 0 aliphatic carbocycles. The first-order valence-electron chi connectivity index (χ1n) is 8.27. The second-order valence-electron chi connectivity index (χ2n) is 5.72. The smallest absolute Gasteiger partial charge is 0.407 e. The summed E-state index contributed by atoms with van der Waals surface area (Å²) in [6.45, 7) is 1.17. The molecule has 2 aromatic carbocycles. The molecule has 0 spiro atoms. The number of benzene rings is 2. The average Bonchev–Trinajstić information content (AvgIpc) is 3.16. The topological polar surface area (TPSA) is 73.2 Å². The molecule has 132 valence electrons. The van der Waals surface area contributed by atoms with Gasteiger partial charge in [0, 0.05) is 23.9 Å². The Morgan fingerprint density at radius 3 is 2.77 bits per heavy atom. The summed E-state index contributed by atoms with van der Waals surface area (Å²) in [5.74, 6) is 0. The standard InChI is InChI=1S/C20H19N3O3/c24-14-17-7-4-8-18(11-17)19-12-22-23(13-19)10-9-21-20(25)26-15-16-5-2-1-3-6-16/h1-8,11-14H,9-10,15H2,(H,21,25). The van der Waals surface area contributed by atoms with Gasteiger partial charge in [-0.2, -0.15) is 5.10 Å². The van der Waals surface area contributed by atoms with E-state index in [1.54, 1.807) is 16.9 Å². The van der Waals surface area contributed by atoms with E-state index in [1.165, 1.54) is 0 Å². The van der Waals surface area contributed by atoms with Gasteiger partial charge >= 0.3 is 6.09 Å². The number of carbonyl (C=O) groups excluding carboxylic acids is 2. The fourth-order valence-electron chi connectivity index (χ4n) is 2.47. The fourth-order valence-corrected chi connectivity index (χ4v) is 2.47. The number of amides is 1. The molecule has 6 heteroatoms. The van der Waals surface area contributed by atoms with Crippen molar-refractivity contribution in [3.8, 4) is 11.1 Å². The molecule has 1 aromatic heterocycles. The van der Waals surface area contributed by atoms with Gasteiger partial charge in [0.15, 0.2) is 0 Å². The van der Waals surface area contributed by atoms with E-state index in [9.17, 15) is 9.59 Å². The quantitative estimate of drug-likeness (QED) is 0.664. The van der Waals surface area contributed by atoms with E-state index in [1.807, 2.05) is 54.7 Å². The summed E-state index contributed by atoms with van der Waals surface area (Å²) in [6.07, 6.45) is 3.97. The Hall–Kier alpha value is -3.41. The maximum absolute atomic E-state index is 11.7. The Bertz CT molecular complexity index is 875. The lowest BCUT2D eigenvalue weighted by Gasteiger charge is -2.07. The van der Waals surface area contributed by atoms with Gasteiger partial charge in [-0.05, 0) is 17.2 Å². The van der Waals surface area contributed by atoms with Crippen LogP contribution in [-0.2, 0) is 17.9 Å². The summed E-state index contributed by atoms with van der Waals surface area (Å²) in [5, 5.41) is 6.98. The van der Waals surface area contributed by atoms with Gasteiger partial charge in [-0.1, -0.05) is 48.5 Å². The zero-order valence-electron chi connectivity index (χ0n) is 14.2. The molecule has 3 aromatic rings. The molecule has 0 saturated carbocycles. The molecule has 0 radical (unpaired) electrons. The summed E-state index contributed by atoms with van der Waals surface area (Å²) in [7, 11) is 0. The average molecular weight is 349 g/mol. The molecule has 0 bridgehead atoms. The number of hydrogen-bond donors (Lipinski definition) is 1. The van der Waals surface area contributed by atoms with Gasteiger partial charge in [0.25, 0.3) is 0 Å². The SMILES string of the molecule is O=Cc1cccc(-c2cnn(CCNC(=O)OCc3ccccc3)c2)c1. The second-order valence-corrected chi connectivity index (χ2v) is 5.72. The van der Waals surface area contributed by atoms with Crippen LogP contribution in [0, 0.1) is 0 Å². The number of carbonyl (C=O) groups is 2. The first kappa shape index (κ1) is 17.4. The summed E-state index contributed by atoms with van der Waals surface area (Å²) >= 11 is 0. The highest BCUT2D eigenvalue weighted by Gasteiger charge is 2.05. The molecule has 6 nitrogen and oxygen atoms in total. The largest absolute Gasteiger partial charge is 0.445 e. The Morgan fingerprint density at radius 2 is 1.96 bits per heavy atom. The van der Waals surface area contributed by atoms with Crippen LogP contribution in [0.25, 0.3) is 11.1 Å². The molecular weight excluding hydrogens is 330 g/mol. The molecule has 0 saturated heterocycles. The molecule has 1 heterocycles. The molecule has 0 atom stereocenters. The first-order valence-corrected chi connectivity index (χ1v) is 8.27. The Balaban J connectivity index is 1.46. The molecule has 0 aliphatic rings. The van der Waals surface area contributed by atoms with Gasteiger partial charge in [0.05, 0.1) is 12.7 Å². The van der Waals surface area contributed by atoms with Crippen molar-refractivity contribution in [3.63, 3.8) is 0 Å². The number of alkyl carbamates (subject to hydrolysis) is 1. The fraction of sp³-hybridized carbons (Fsp3) is 0.150. The molecule has 26 heavy (non-hydrogen) atoms. The zero-order chi connectivity index (χ0) is 18.2. The minimum Gasteiger partial charge on any atom is -0.445 e. The van der Waals surface area contributed by atoms with Gasteiger partial charge < -0.3 is 10.1 Å². The zero-order valence-corrected chi connectivity index (χ0v) is 14.2. The van der Waals surface area contributed by atoms with Crippen LogP contribution in [0.4, 0.5) is 4.79 Å². The molecule has 0 unspecified atom stereocenters. The van der Waals surface area contributed by atoms with Crippen molar-refractivity contribution in [1.29, 1.82) is 0 Å². The van der Waals surface area contributed by atoms with E-state index in [0.717, 1.165) is 23.0 Å². The predicted molar refractivity (Wildman–Crippen MR) is 97.7 cm³/mol. The minimum absolute atomic E-state index is 0.242. The van der Waals surface area contributed by atoms with Crippen LogP contribution in [0.5, 0.6) is 0 Å². The van der Waals surface area contributed by atoms with Crippen LogP contribution in [0.1, 0.15) is 15.9 Å². The van der Waals surface area contributed by atoms with Crippen LogP contribution in [0.15, 0.2) is 67.0 Å². The van der Waals surface area contributed by atoms with E-state index in [4.69, 9.17) is 4.74 Å². The van der Waals surface area contributed by atoms with E-state index in [0.29, 0.717) is 18.7 Å². The third-order valence-corrected chi connectivity index (χ3v) is 3.81. The highest BCUT2D eigenvalue weighted by molar-refractivity contribution is 5.78. The molecule has 3 rings (SSSR count). The lowest BCUT2D eigenvalue weighted by atomic mass is 10.1. The third kappa shape index (κ3) is 4.80. The van der Waals surface area contributed by atoms with Crippen molar-refractivity contribution >= 4 is 12.4 Å². The van der Waals surface area contributed by atoms with Crippen molar-refractivity contribution in [3.05, 3.63) is 78.1 Å². The number of nitrogens with zero attached hydrogens (tertiary/aromatic N) is 2. The predicted octanol–water partition coefficient (Wildman–Crippen LogP) is 3.29. The van der Waals surface area contributed by atoms with Crippen molar-refractivity contribution in [1.82, 2.24) is 15.1 Å².